The third kappa shape index (κ3) is 4.22. The monoisotopic (exact) mass is 490 g/mol. The minimum Gasteiger partial charge on any atom is -0.280 e. The number of sulfonamides is 2. The number of aryl methyl sites for hydroxylation is 3. The van der Waals surface area contributed by atoms with Crippen LogP contribution in [0.1, 0.15) is 23.1 Å². The van der Waals surface area contributed by atoms with Crippen molar-refractivity contribution in [3.63, 3.8) is 0 Å². The SMILES string of the molecule is Cc1cc(S(=O)(=O)Nc2ccc3c(c2)N(S(=O)(=O)c2ccccc2)CCC3)c(C)cc1Cl. The molecule has 9 heteroatoms. The standard InChI is InChI=1S/C23H23ClN2O4S2/c1-16-14-23(17(2)13-21(16)24)31(27,28)25-19-11-10-18-7-6-12-26(22(18)15-19)32(29,30)20-8-4-3-5-9-20/h3-5,8-11,13-15,25H,6-7,12H2,1-2H3. The number of halogens is 1. The predicted molar refractivity (Wildman–Crippen MR) is 127 cm³/mol. The van der Waals surface area contributed by atoms with Gasteiger partial charge in [-0.1, -0.05) is 35.9 Å². The average Bonchev–Trinajstić information content (AvgIpc) is 2.76. The molecule has 4 rings (SSSR count). The second-order valence-electron chi connectivity index (χ2n) is 7.81. The van der Waals surface area contributed by atoms with Gasteiger partial charge in [0, 0.05) is 11.6 Å². The first kappa shape index (κ1) is 22.6. The highest BCUT2D eigenvalue weighted by atomic mass is 35.5. The predicted octanol–water partition coefficient (Wildman–Crippen LogP) is 4.90. The Labute approximate surface area is 193 Å². The van der Waals surface area contributed by atoms with E-state index in [0.29, 0.717) is 40.5 Å². The van der Waals surface area contributed by atoms with Crippen LogP contribution in [0.4, 0.5) is 11.4 Å². The fourth-order valence-electron chi connectivity index (χ4n) is 3.83. The summed E-state index contributed by atoms with van der Waals surface area (Å²) < 4.78 is 56.6. The molecule has 0 aliphatic carbocycles. The average molecular weight is 491 g/mol. The van der Waals surface area contributed by atoms with E-state index in [0.717, 1.165) is 12.0 Å². The first-order chi connectivity index (χ1) is 15.1. The van der Waals surface area contributed by atoms with Crippen molar-refractivity contribution < 1.29 is 16.8 Å². The molecule has 0 amide bonds. The van der Waals surface area contributed by atoms with Crippen LogP contribution >= 0.6 is 11.6 Å². The highest BCUT2D eigenvalue weighted by Crippen LogP contribution is 2.35. The molecule has 32 heavy (non-hydrogen) atoms. The highest BCUT2D eigenvalue weighted by molar-refractivity contribution is 7.93. The molecule has 1 aliphatic heterocycles. The topological polar surface area (TPSA) is 83.6 Å². The van der Waals surface area contributed by atoms with Crippen LogP contribution in [-0.2, 0) is 26.5 Å². The number of anilines is 2. The van der Waals surface area contributed by atoms with Crippen LogP contribution in [0.5, 0.6) is 0 Å². The van der Waals surface area contributed by atoms with Crippen molar-refractivity contribution in [1.29, 1.82) is 0 Å². The summed E-state index contributed by atoms with van der Waals surface area (Å²) in [5.41, 5.74) is 2.83. The Hall–Kier alpha value is -2.55. The van der Waals surface area contributed by atoms with Crippen molar-refractivity contribution in [3.8, 4) is 0 Å². The zero-order valence-corrected chi connectivity index (χ0v) is 20.1. The van der Waals surface area contributed by atoms with Gasteiger partial charge in [-0.15, -0.1) is 0 Å². The molecule has 3 aromatic carbocycles. The zero-order chi connectivity index (χ0) is 23.1. The van der Waals surface area contributed by atoms with Crippen LogP contribution in [-0.4, -0.2) is 23.4 Å². The summed E-state index contributed by atoms with van der Waals surface area (Å²) in [6.45, 7) is 3.75. The van der Waals surface area contributed by atoms with Gasteiger partial charge in [0.15, 0.2) is 0 Å². The molecule has 1 N–H and O–H groups in total. The van der Waals surface area contributed by atoms with Crippen molar-refractivity contribution in [2.75, 3.05) is 15.6 Å². The normalized spacial score (nSPS) is 14.2. The third-order valence-corrected chi connectivity index (χ3v) is 9.25. The van der Waals surface area contributed by atoms with Gasteiger partial charge in [0.25, 0.3) is 20.0 Å². The smallest absolute Gasteiger partial charge is 0.264 e. The van der Waals surface area contributed by atoms with Gasteiger partial charge >= 0.3 is 0 Å². The van der Waals surface area contributed by atoms with E-state index < -0.39 is 20.0 Å². The number of hydrogen-bond donors (Lipinski definition) is 1. The minimum atomic E-state index is -3.89. The second kappa shape index (κ2) is 8.42. The van der Waals surface area contributed by atoms with Gasteiger partial charge in [-0.3, -0.25) is 9.03 Å². The Bertz CT molecular complexity index is 1390. The number of fused-ring (bicyclic) bond motifs is 1. The lowest BCUT2D eigenvalue weighted by Crippen LogP contribution is -2.35. The summed E-state index contributed by atoms with van der Waals surface area (Å²) in [6, 6.07) is 16.4. The quantitative estimate of drug-likeness (QED) is 0.551. The van der Waals surface area contributed by atoms with Crippen LogP contribution in [0, 0.1) is 13.8 Å². The summed E-state index contributed by atoms with van der Waals surface area (Å²) in [6.07, 6.45) is 1.41. The van der Waals surface area contributed by atoms with E-state index in [2.05, 4.69) is 4.72 Å². The van der Waals surface area contributed by atoms with Gasteiger partial charge in [0.05, 0.1) is 21.2 Å². The van der Waals surface area contributed by atoms with E-state index in [-0.39, 0.29) is 9.79 Å². The maximum Gasteiger partial charge on any atom is 0.264 e. The Kier molecular flexibility index (Phi) is 5.96. The maximum absolute atomic E-state index is 13.3. The summed E-state index contributed by atoms with van der Waals surface area (Å²) in [4.78, 5) is 0.331. The molecule has 0 unspecified atom stereocenters. The van der Waals surface area contributed by atoms with E-state index in [4.69, 9.17) is 11.6 Å². The zero-order valence-electron chi connectivity index (χ0n) is 17.7. The molecule has 0 saturated heterocycles. The van der Waals surface area contributed by atoms with Crippen LogP contribution in [0.3, 0.4) is 0 Å². The molecule has 3 aromatic rings. The number of rotatable bonds is 5. The van der Waals surface area contributed by atoms with Gasteiger partial charge in [-0.2, -0.15) is 0 Å². The largest absolute Gasteiger partial charge is 0.280 e. The van der Waals surface area contributed by atoms with E-state index in [9.17, 15) is 16.8 Å². The van der Waals surface area contributed by atoms with Gasteiger partial charge in [0.2, 0.25) is 0 Å². The number of benzene rings is 3. The lowest BCUT2D eigenvalue weighted by atomic mass is 10.0. The molecule has 0 radical (unpaired) electrons. The van der Waals surface area contributed by atoms with Crippen molar-refractivity contribution in [3.05, 3.63) is 82.4 Å². The molecule has 0 fully saturated rings. The second-order valence-corrected chi connectivity index (χ2v) is 11.7. The van der Waals surface area contributed by atoms with Crippen LogP contribution in [0.25, 0.3) is 0 Å². The molecule has 0 spiro atoms. The summed E-state index contributed by atoms with van der Waals surface area (Å²) in [7, 11) is -7.66. The van der Waals surface area contributed by atoms with E-state index in [1.54, 1.807) is 68.4 Å². The van der Waals surface area contributed by atoms with Crippen molar-refractivity contribution >= 4 is 43.0 Å². The fourth-order valence-corrected chi connectivity index (χ4v) is 6.96. The highest BCUT2D eigenvalue weighted by Gasteiger charge is 2.29. The van der Waals surface area contributed by atoms with Gasteiger partial charge in [-0.05, 0) is 79.8 Å². The molecule has 0 bridgehead atoms. The summed E-state index contributed by atoms with van der Waals surface area (Å²) in [5.74, 6) is 0. The molecule has 1 heterocycles. The van der Waals surface area contributed by atoms with Crippen molar-refractivity contribution in [1.82, 2.24) is 0 Å². The molecule has 0 atom stereocenters. The lowest BCUT2D eigenvalue weighted by molar-refractivity contribution is 0.586. The molecule has 1 aliphatic rings. The Morgan fingerprint density at radius 2 is 1.62 bits per heavy atom. The Balaban J connectivity index is 1.72. The maximum atomic E-state index is 13.3. The van der Waals surface area contributed by atoms with Gasteiger partial charge < -0.3 is 0 Å². The van der Waals surface area contributed by atoms with E-state index in [1.807, 2.05) is 0 Å². The fraction of sp³-hybridized carbons (Fsp3) is 0.217. The molecule has 168 valence electrons. The van der Waals surface area contributed by atoms with Crippen LogP contribution < -0.4 is 9.03 Å². The van der Waals surface area contributed by atoms with Crippen molar-refractivity contribution in [2.24, 2.45) is 0 Å². The van der Waals surface area contributed by atoms with Gasteiger partial charge in [-0.25, -0.2) is 16.8 Å². The van der Waals surface area contributed by atoms with Gasteiger partial charge in [0.1, 0.15) is 0 Å². The van der Waals surface area contributed by atoms with Crippen molar-refractivity contribution in [2.45, 2.75) is 36.5 Å². The minimum absolute atomic E-state index is 0.130. The molecule has 0 aromatic heterocycles. The number of hydrogen-bond acceptors (Lipinski definition) is 4. The Morgan fingerprint density at radius 3 is 2.34 bits per heavy atom. The third-order valence-electron chi connectivity index (χ3n) is 5.49. The van der Waals surface area contributed by atoms with E-state index >= 15 is 0 Å². The first-order valence-corrected chi connectivity index (χ1v) is 13.4. The summed E-state index contributed by atoms with van der Waals surface area (Å²) in [5, 5.41) is 0.497. The molecular formula is C23H23ClN2O4S2. The van der Waals surface area contributed by atoms with Crippen LogP contribution in [0.15, 0.2) is 70.5 Å². The lowest BCUT2D eigenvalue weighted by Gasteiger charge is -2.31. The summed E-state index contributed by atoms with van der Waals surface area (Å²) >= 11 is 6.11. The van der Waals surface area contributed by atoms with Crippen LogP contribution in [0.2, 0.25) is 5.02 Å². The molecular weight excluding hydrogens is 468 g/mol. The molecule has 6 nitrogen and oxygen atoms in total. The number of nitrogens with zero attached hydrogens (tertiary/aromatic N) is 1. The molecule has 0 saturated carbocycles. The Morgan fingerprint density at radius 1 is 0.906 bits per heavy atom. The number of nitrogens with one attached hydrogen (secondary N) is 1. The van der Waals surface area contributed by atoms with E-state index in [1.165, 1.54) is 10.4 Å². The first-order valence-electron chi connectivity index (χ1n) is 10.1.